The largest absolute Gasteiger partial charge is 0.308 e. The molecule has 108 valence electrons. The molecule has 0 aromatic carbocycles. The number of pyridine rings is 1. The molecule has 0 spiro atoms. The lowest BCUT2D eigenvalue weighted by Gasteiger charge is -2.34. The van der Waals surface area contributed by atoms with Crippen molar-refractivity contribution in [2.24, 2.45) is 0 Å². The molecule has 7 heteroatoms. The Hall–Kier alpha value is -2.41. The summed E-state index contributed by atoms with van der Waals surface area (Å²) in [6.45, 7) is 3.61. The normalized spacial score (nSPS) is 16.9. The standard InChI is InChI=1S/C14H16N6O/c1-17-6-8-18(9-7-17)19-5-3-12-11(14(19)21)10-15-13-2-4-16-20(12)13/h2-5,10H,6-9H2,1H3. The zero-order valence-corrected chi connectivity index (χ0v) is 11.8. The van der Waals surface area contributed by atoms with Crippen LogP contribution in [-0.4, -0.2) is 57.4 Å². The zero-order chi connectivity index (χ0) is 14.4. The van der Waals surface area contributed by atoms with Crippen molar-refractivity contribution in [2.45, 2.75) is 0 Å². The number of piperazine rings is 1. The van der Waals surface area contributed by atoms with E-state index in [0.717, 1.165) is 37.3 Å². The molecule has 21 heavy (non-hydrogen) atoms. The number of aromatic nitrogens is 4. The number of hydrogen-bond acceptors (Lipinski definition) is 5. The maximum absolute atomic E-state index is 12.7. The summed E-state index contributed by atoms with van der Waals surface area (Å²) in [5, 5.41) is 6.89. The van der Waals surface area contributed by atoms with E-state index in [-0.39, 0.29) is 5.56 Å². The molecule has 3 aromatic heterocycles. The SMILES string of the molecule is CN1CCN(n2ccc3c(cnc4ccnn43)c2=O)CC1. The van der Waals surface area contributed by atoms with Crippen LogP contribution >= 0.6 is 0 Å². The summed E-state index contributed by atoms with van der Waals surface area (Å²) in [6, 6.07) is 3.75. The van der Waals surface area contributed by atoms with Crippen molar-refractivity contribution in [3.63, 3.8) is 0 Å². The van der Waals surface area contributed by atoms with Crippen LogP contribution in [0.2, 0.25) is 0 Å². The van der Waals surface area contributed by atoms with Crippen LogP contribution in [0.1, 0.15) is 0 Å². The minimum Gasteiger partial charge on any atom is -0.308 e. The van der Waals surface area contributed by atoms with E-state index in [9.17, 15) is 4.79 Å². The summed E-state index contributed by atoms with van der Waals surface area (Å²) in [4.78, 5) is 19.3. The van der Waals surface area contributed by atoms with Crippen molar-refractivity contribution in [3.8, 4) is 0 Å². The highest BCUT2D eigenvalue weighted by molar-refractivity contribution is 5.79. The number of fused-ring (bicyclic) bond motifs is 3. The van der Waals surface area contributed by atoms with Crippen LogP contribution < -0.4 is 10.6 Å². The van der Waals surface area contributed by atoms with E-state index in [1.807, 2.05) is 18.3 Å². The fourth-order valence-corrected chi connectivity index (χ4v) is 2.78. The molecule has 0 unspecified atom stereocenters. The molecule has 4 rings (SSSR count). The molecular weight excluding hydrogens is 268 g/mol. The van der Waals surface area contributed by atoms with Crippen LogP contribution in [0.5, 0.6) is 0 Å². The first-order valence-corrected chi connectivity index (χ1v) is 7.02. The van der Waals surface area contributed by atoms with Crippen molar-refractivity contribution < 1.29 is 0 Å². The molecular formula is C14H16N6O. The van der Waals surface area contributed by atoms with Gasteiger partial charge in [0.05, 0.1) is 17.1 Å². The van der Waals surface area contributed by atoms with E-state index in [0.29, 0.717) is 5.39 Å². The minimum atomic E-state index is -0.0399. The summed E-state index contributed by atoms with van der Waals surface area (Å²) >= 11 is 0. The van der Waals surface area contributed by atoms with Crippen molar-refractivity contribution >= 4 is 16.6 Å². The van der Waals surface area contributed by atoms with Gasteiger partial charge >= 0.3 is 0 Å². The van der Waals surface area contributed by atoms with Gasteiger partial charge in [0.2, 0.25) is 0 Å². The Balaban J connectivity index is 1.86. The summed E-state index contributed by atoms with van der Waals surface area (Å²) in [5.74, 6) is 0. The van der Waals surface area contributed by atoms with Gasteiger partial charge in [0.15, 0.2) is 5.65 Å². The third-order valence-corrected chi connectivity index (χ3v) is 4.05. The predicted octanol–water partition coefficient (Wildman–Crippen LogP) is -0.0724. The molecule has 1 aliphatic heterocycles. The van der Waals surface area contributed by atoms with E-state index >= 15 is 0 Å². The lowest BCUT2D eigenvalue weighted by atomic mass is 10.3. The first kappa shape index (κ1) is 12.3. The molecule has 0 saturated carbocycles. The van der Waals surface area contributed by atoms with Gasteiger partial charge in [-0.3, -0.25) is 4.79 Å². The summed E-state index contributed by atoms with van der Waals surface area (Å²) in [6.07, 6.45) is 5.16. The smallest absolute Gasteiger partial charge is 0.280 e. The van der Waals surface area contributed by atoms with E-state index in [4.69, 9.17) is 0 Å². The van der Waals surface area contributed by atoms with E-state index in [1.54, 1.807) is 21.6 Å². The molecule has 1 saturated heterocycles. The fourth-order valence-electron chi connectivity index (χ4n) is 2.78. The van der Waals surface area contributed by atoms with Gasteiger partial charge in [-0.05, 0) is 13.1 Å². The van der Waals surface area contributed by atoms with Gasteiger partial charge in [-0.25, -0.2) is 14.2 Å². The number of likely N-dealkylation sites (N-methyl/N-ethyl adjacent to an activating group) is 1. The Morgan fingerprint density at radius 2 is 1.95 bits per heavy atom. The Bertz CT molecular complexity index is 859. The van der Waals surface area contributed by atoms with E-state index in [2.05, 4.69) is 27.0 Å². The lowest BCUT2D eigenvalue weighted by Crippen LogP contribution is -2.52. The van der Waals surface area contributed by atoms with Crippen LogP contribution in [0.25, 0.3) is 16.6 Å². The number of nitrogens with zero attached hydrogens (tertiary/aromatic N) is 6. The summed E-state index contributed by atoms with van der Waals surface area (Å²) in [7, 11) is 2.10. The Labute approximate surface area is 121 Å². The molecule has 0 aliphatic carbocycles. The molecule has 1 aliphatic rings. The molecule has 0 radical (unpaired) electrons. The van der Waals surface area contributed by atoms with E-state index in [1.165, 1.54) is 0 Å². The average Bonchev–Trinajstić information content (AvgIpc) is 2.97. The maximum Gasteiger partial charge on any atom is 0.280 e. The topological polar surface area (TPSA) is 58.7 Å². The number of rotatable bonds is 1. The molecule has 1 fully saturated rings. The first-order chi connectivity index (χ1) is 10.2. The highest BCUT2D eigenvalue weighted by Crippen LogP contribution is 2.10. The third-order valence-electron chi connectivity index (χ3n) is 4.05. The van der Waals surface area contributed by atoms with Gasteiger partial charge in [0.25, 0.3) is 5.56 Å². The quantitative estimate of drug-likeness (QED) is 0.626. The Morgan fingerprint density at radius 3 is 2.76 bits per heavy atom. The van der Waals surface area contributed by atoms with Crippen LogP contribution in [0.3, 0.4) is 0 Å². The van der Waals surface area contributed by atoms with Gasteiger partial charge in [-0.2, -0.15) is 5.10 Å². The van der Waals surface area contributed by atoms with Crippen molar-refractivity contribution in [1.82, 2.24) is 24.2 Å². The second kappa shape index (κ2) is 4.56. The molecule has 0 bridgehead atoms. The molecule has 3 aromatic rings. The fraction of sp³-hybridized carbons (Fsp3) is 0.357. The van der Waals surface area contributed by atoms with Crippen LogP contribution in [0.4, 0.5) is 0 Å². The van der Waals surface area contributed by atoms with Gasteiger partial charge in [-0.1, -0.05) is 0 Å². The molecule has 0 N–H and O–H groups in total. The average molecular weight is 284 g/mol. The second-order valence-electron chi connectivity index (χ2n) is 5.38. The zero-order valence-electron chi connectivity index (χ0n) is 11.8. The second-order valence-corrected chi connectivity index (χ2v) is 5.38. The maximum atomic E-state index is 12.7. The molecule has 4 heterocycles. The minimum absolute atomic E-state index is 0.0399. The number of hydrogen-bond donors (Lipinski definition) is 0. The third kappa shape index (κ3) is 1.89. The van der Waals surface area contributed by atoms with Gasteiger partial charge in [0, 0.05) is 44.6 Å². The first-order valence-electron chi connectivity index (χ1n) is 7.02. The van der Waals surface area contributed by atoms with Crippen molar-refractivity contribution in [3.05, 3.63) is 41.1 Å². The van der Waals surface area contributed by atoms with E-state index < -0.39 is 0 Å². The van der Waals surface area contributed by atoms with Crippen LogP contribution in [-0.2, 0) is 0 Å². The molecule has 0 atom stereocenters. The predicted molar refractivity (Wildman–Crippen MR) is 80.2 cm³/mol. The molecule has 7 nitrogen and oxygen atoms in total. The monoisotopic (exact) mass is 284 g/mol. The van der Waals surface area contributed by atoms with Gasteiger partial charge < -0.3 is 9.91 Å². The molecule has 0 amide bonds. The lowest BCUT2D eigenvalue weighted by molar-refractivity contribution is 0.286. The summed E-state index contributed by atoms with van der Waals surface area (Å²) < 4.78 is 3.40. The van der Waals surface area contributed by atoms with Crippen LogP contribution in [0.15, 0.2) is 35.5 Å². The highest BCUT2D eigenvalue weighted by atomic mass is 16.1. The Morgan fingerprint density at radius 1 is 1.14 bits per heavy atom. The summed E-state index contributed by atoms with van der Waals surface area (Å²) in [5.41, 5.74) is 1.50. The van der Waals surface area contributed by atoms with Gasteiger partial charge in [0.1, 0.15) is 0 Å². The van der Waals surface area contributed by atoms with Crippen molar-refractivity contribution in [1.29, 1.82) is 0 Å². The van der Waals surface area contributed by atoms with Crippen molar-refractivity contribution in [2.75, 3.05) is 38.2 Å². The highest BCUT2D eigenvalue weighted by Gasteiger charge is 2.16. The van der Waals surface area contributed by atoms with Crippen LogP contribution in [0, 0.1) is 0 Å². The van der Waals surface area contributed by atoms with Gasteiger partial charge in [-0.15, -0.1) is 0 Å². The Kier molecular flexibility index (Phi) is 2.68.